The summed E-state index contributed by atoms with van der Waals surface area (Å²) in [6, 6.07) is 5.99. The second-order valence-corrected chi connectivity index (χ2v) is 4.73. The van der Waals surface area contributed by atoms with Crippen molar-refractivity contribution in [2.24, 2.45) is 11.7 Å². The third-order valence-corrected chi connectivity index (χ3v) is 3.44. The summed E-state index contributed by atoms with van der Waals surface area (Å²) in [5, 5.41) is 0. The molecule has 4 heteroatoms. The molecule has 1 fully saturated rings. The van der Waals surface area contributed by atoms with Gasteiger partial charge in [0.25, 0.3) is 0 Å². The van der Waals surface area contributed by atoms with E-state index in [9.17, 15) is 4.79 Å². The van der Waals surface area contributed by atoms with Crippen LogP contribution in [0, 0.1) is 12.8 Å². The molecule has 1 saturated heterocycles. The Morgan fingerprint density at radius 1 is 1.47 bits per heavy atom. The highest BCUT2D eigenvalue weighted by Gasteiger charge is 2.24. The minimum atomic E-state index is -0.193. The van der Waals surface area contributed by atoms with E-state index in [0.29, 0.717) is 0 Å². The molecule has 0 spiro atoms. The second-order valence-electron chi connectivity index (χ2n) is 4.73. The SMILES string of the molecule is Cc1cc(N2CCCC(C(N)=O)C2)ccc1N. The van der Waals surface area contributed by atoms with Crippen molar-refractivity contribution in [1.29, 1.82) is 0 Å². The van der Waals surface area contributed by atoms with Gasteiger partial charge in [-0.15, -0.1) is 0 Å². The highest BCUT2D eigenvalue weighted by Crippen LogP contribution is 2.25. The number of nitrogens with two attached hydrogens (primary N) is 2. The van der Waals surface area contributed by atoms with Crippen LogP contribution in [0.15, 0.2) is 18.2 Å². The number of piperidine rings is 1. The number of carbonyl (C=O) groups is 1. The van der Waals surface area contributed by atoms with E-state index < -0.39 is 0 Å². The average molecular weight is 233 g/mol. The molecule has 0 saturated carbocycles. The molecule has 92 valence electrons. The van der Waals surface area contributed by atoms with Gasteiger partial charge in [-0.3, -0.25) is 4.79 Å². The normalized spacial score (nSPS) is 20.3. The van der Waals surface area contributed by atoms with Crippen molar-refractivity contribution in [3.8, 4) is 0 Å². The molecule has 1 heterocycles. The van der Waals surface area contributed by atoms with Crippen LogP contribution in [0.2, 0.25) is 0 Å². The first-order chi connectivity index (χ1) is 8.08. The molecule has 1 aromatic carbocycles. The molecule has 17 heavy (non-hydrogen) atoms. The molecule has 1 atom stereocenters. The van der Waals surface area contributed by atoms with E-state index in [1.165, 1.54) is 0 Å². The molecule has 0 radical (unpaired) electrons. The lowest BCUT2D eigenvalue weighted by molar-refractivity contribution is -0.122. The van der Waals surface area contributed by atoms with Crippen LogP contribution in [-0.4, -0.2) is 19.0 Å². The minimum Gasteiger partial charge on any atom is -0.399 e. The van der Waals surface area contributed by atoms with Crippen molar-refractivity contribution in [1.82, 2.24) is 0 Å². The Bertz CT molecular complexity index is 431. The Morgan fingerprint density at radius 3 is 2.88 bits per heavy atom. The molecule has 2 rings (SSSR count). The van der Waals surface area contributed by atoms with Gasteiger partial charge >= 0.3 is 0 Å². The van der Waals surface area contributed by atoms with Crippen molar-refractivity contribution >= 4 is 17.3 Å². The van der Waals surface area contributed by atoms with E-state index in [-0.39, 0.29) is 11.8 Å². The smallest absolute Gasteiger partial charge is 0.222 e. The topological polar surface area (TPSA) is 72.3 Å². The quantitative estimate of drug-likeness (QED) is 0.756. The fraction of sp³-hybridized carbons (Fsp3) is 0.462. The zero-order valence-electron chi connectivity index (χ0n) is 10.1. The van der Waals surface area contributed by atoms with Crippen LogP contribution in [0.3, 0.4) is 0 Å². The van der Waals surface area contributed by atoms with Crippen molar-refractivity contribution < 1.29 is 4.79 Å². The number of amides is 1. The van der Waals surface area contributed by atoms with Crippen LogP contribution in [0.25, 0.3) is 0 Å². The predicted molar refractivity (Wildman–Crippen MR) is 69.7 cm³/mol. The monoisotopic (exact) mass is 233 g/mol. The number of anilines is 2. The molecule has 0 aromatic heterocycles. The molecule has 0 bridgehead atoms. The van der Waals surface area contributed by atoms with Gasteiger partial charge in [-0.1, -0.05) is 0 Å². The molecule has 0 aliphatic carbocycles. The fourth-order valence-electron chi connectivity index (χ4n) is 2.30. The average Bonchev–Trinajstić information content (AvgIpc) is 2.33. The lowest BCUT2D eigenvalue weighted by atomic mass is 9.97. The number of nitrogens with zero attached hydrogens (tertiary/aromatic N) is 1. The molecule has 1 aromatic rings. The van der Waals surface area contributed by atoms with Gasteiger partial charge in [-0.05, 0) is 43.5 Å². The summed E-state index contributed by atoms with van der Waals surface area (Å²) < 4.78 is 0. The summed E-state index contributed by atoms with van der Waals surface area (Å²) in [4.78, 5) is 13.4. The molecule has 4 N–H and O–H groups in total. The highest BCUT2D eigenvalue weighted by molar-refractivity contribution is 5.77. The number of hydrogen-bond donors (Lipinski definition) is 2. The van der Waals surface area contributed by atoms with E-state index >= 15 is 0 Å². The summed E-state index contributed by atoms with van der Waals surface area (Å²) in [5.41, 5.74) is 14.2. The Morgan fingerprint density at radius 2 is 2.24 bits per heavy atom. The number of primary amides is 1. The Kier molecular flexibility index (Phi) is 3.22. The van der Waals surface area contributed by atoms with Crippen molar-refractivity contribution in [2.75, 3.05) is 23.7 Å². The molecule has 1 aliphatic rings. The fourth-order valence-corrected chi connectivity index (χ4v) is 2.30. The molecule has 1 aliphatic heterocycles. The molecular weight excluding hydrogens is 214 g/mol. The number of carbonyl (C=O) groups excluding carboxylic acids is 1. The van der Waals surface area contributed by atoms with Gasteiger partial charge in [0.2, 0.25) is 5.91 Å². The van der Waals surface area contributed by atoms with Gasteiger partial charge in [0, 0.05) is 24.5 Å². The first kappa shape index (κ1) is 11.8. The zero-order chi connectivity index (χ0) is 12.4. The lowest BCUT2D eigenvalue weighted by Crippen LogP contribution is -2.41. The minimum absolute atomic E-state index is 0.0263. The van der Waals surface area contributed by atoms with E-state index in [0.717, 1.165) is 42.9 Å². The Labute approximate surface area is 102 Å². The summed E-state index contributed by atoms with van der Waals surface area (Å²) in [5.74, 6) is -0.219. The van der Waals surface area contributed by atoms with Gasteiger partial charge in [-0.25, -0.2) is 0 Å². The van der Waals surface area contributed by atoms with Crippen LogP contribution in [-0.2, 0) is 4.79 Å². The molecule has 1 unspecified atom stereocenters. The first-order valence-corrected chi connectivity index (χ1v) is 5.98. The van der Waals surface area contributed by atoms with Gasteiger partial charge < -0.3 is 16.4 Å². The largest absolute Gasteiger partial charge is 0.399 e. The van der Waals surface area contributed by atoms with Crippen molar-refractivity contribution in [3.63, 3.8) is 0 Å². The van der Waals surface area contributed by atoms with Crippen molar-refractivity contribution in [3.05, 3.63) is 23.8 Å². The standard InChI is InChI=1S/C13H19N3O/c1-9-7-11(4-5-12(9)14)16-6-2-3-10(8-16)13(15)17/h4-5,7,10H,2-3,6,8,14H2,1H3,(H2,15,17). The maximum atomic E-state index is 11.2. The third kappa shape index (κ3) is 2.52. The van der Waals surface area contributed by atoms with E-state index in [1.54, 1.807) is 0 Å². The predicted octanol–water partition coefficient (Wildman–Crippen LogP) is 1.28. The lowest BCUT2D eigenvalue weighted by Gasteiger charge is -2.33. The van der Waals surface area contributed by atoms with Gasteiger partial charge in [-0.2, -0.15) is 0 Å². The van der Waals surface area contributed by atoms with Crippen LogP contribution >= 0.6 is 0 Å². The van der Waals surface area contributed by atoms with Crippen LogP contribution in [0.1, 0.15) is 18.4 Å². The van der Waals surface area contributed by atoms with Crippen molar-refractivity contribution in [2.45, 2.75) is 19.8 Å². The van der Waals surface area contributed by atoms with Crippen LogP contribution in [0.5, 0.6) is 0 Å². The van der Waals surface area contributed by atoms with Gasteiger partial charge in [0.15, 0.2) is 0 Å². The number of nitrogen functional groups attached to an aromatic ring is 1. The third-order valence-electron chi connectivity index (χ3n) is 3.44. The number of benzene rings is 1. The number of aryl methyl sites for hydroxylation is 1. The van der Waals surface area contributed by atoms with Gasteiger partial charge in [0.05, 0.1) is 5.92 Å². The number of rotatable bonds is 2. The maximum Gasteiger partial charge on any atom is 0.222 e. The van der Waals surface area contributed by atoms with Crippen LogP contribution in [0.4, 0.5) is 11.4 Å². The first-order valence-electron chi connectivity index (χ1n) is 5.98. The maximum absolute atomic E-state index is 11.2. The summed E-state index contributed by atoms with van der Waals surface area (Å²) >= 11 is 0. The van der Waals surface area contributed by atoms with E-state index in [2.05, 4.69) is 11.0 Å². The number of hydrogen-bond acceptors (Lipinski definition) is 3. The highest BCUT2D eigenvalue weighted by atomic mass is 16.1. The molecular formula is C13H19N3O. The molecule has 1 amide bonds. The summed E-state index contributed by atoms with van der Waals surface area (Å²) in [7, 11) is 0. The summed E-state index contributed by atoms with van der Waals surface area (Å²) in [6.45, 7) is 3.69. The zero-order valence-corrected chi connectivity index (χ0v) is 10.1. The van der Waals surface area contributed by atoms with Crippen LogP contribution < -0.4 is 16.4 Å². The second kappa shape index (κ2) is 4.65. The van der Waals surface area contributed by atoms with E-state index in [4.69, 9.17) is 11.5 Å². The molecule has 4 nitrogen and oxygen atoms in total. The Hall–Kier alpha value is -1.71. The summed E-state index contributed by atoms with van der Waals surface area (Å²) in [6.07, 6.45) is 1.91. The van der Waals surface area contributed by atoms with E-state index in [1.807, 2.05) is 19.1 Å². The van der Waals surface area contributed by atoms with Gasteiger partial charge in [0.1, 0.15) is 0 Å². The Balaban J connectivity index is 2.16.